The molecule has 0 unspecified atom stereocenters. The highest BCUT2D eigenvalue weighted by molar-refractivity contribution is 9.11. The van der Waals surface area contributed by atoms with E-state index in [2.05, 4.69) is 51.8 Å². The molecule has 0 aliphatic rings. The number of rotatable bonds is 3. The van der Waals surface area contributed by atoms with Crippen molar-refractivity contribution >= 4 is 66.1 Å². The average Bonchev–Trinajstić information content (AvgIpc) is 3.30. The number of nitrogens with one attached hydrogen (secondary N) is 1. The molecule has 0 fully saturated rings. The molecule has 4 aromatic rings. The van der Waals surface area contributed by atoms with E-state index in [1.807, 2.05) is 23.6 Å². The SMILES string of the molecule is Oc1c(Br)cc(/C=N/c2ccc3[nH]c(-c4cscn4)nc3c2)c(O)c1Br. The van der Waals surface area contributed by atoms with E-state index in [1.165, 1.54) is 17.6 Å². The lowest BCUT2D eigenvalue weighted by Crippen LogP contribution is -1.85. The van der Waals surface area contributed by atoms with Gasteiger partial charge in [0.2, 0.25) is 0 Å². The number of benzene rings is 2. The number of imidazole rings is 1. The van der Waals surface area contributed by atoms with Crippen LogP contribution in [-0.4, -0.2) is 31.4 Å². The third kappa shape index (κ3) is 3.13. The first-order valence-electron chi connectivity index (χ1n) is 7.35. The zero-order valence-electron chi connectivity index (χ0n) is 12.9. The molecule has 2 heterocycles. The predicted octanol–water partition coefficient (Wildman–Crippen LogP) is 5.37. The van der Waals surface area contributed by atoms with Crippen LogP contribution in [0.25, 0.3) is 22.6 Å². The number of hydrogen-bond donors (Lipinski definition) is 3. The van der Waals surface area contributed by atoms with Gasteiger partial charge in [0.15, 0.2) is 5.82 Å². The van der Waals surface area contributed by atoms with Gasteiger partial charge in [0.25, 0.3) is 0 Å². The fraction of sp³-hybridized carbons (Fsp3) is 0. The number of H-pyrrole nitrogens is 1. The van der Waals surface area contributed by atoms with Gasteiger partial charge in [0, 0.05) is 17.2 Å². The number of hydrogen-bond acceptors (Lipinski definition) is 6. The van der Waals surface area contributed by atoms with E-state index in [-0.39, 0.29) is 16.0 Å². The highest BCUT2D eigenvalue weighted by atomic mass is 79.9. The first kappa shape index (κ1) is 17.2. The maximum absolute atomic E-state index is 10.1. The quantitative estimate of drug-likeness (QED) is 0.334. The summed E-state index contributed by atoms with van der Waals surface area (Å²) in [6, 6.07) is 7.18. The van der Waals surface area contributed by atoms with Crippen LogP contribution in [0.4, 0.5) is 5.69 Å². The summed E-state index contributed by atoms with van der Waals surface area (Å²) in [5, 5.41) is 21.8. The molecule has 0 atom stereocenters. The molecule has 0 saturated carbocycles. The van der Waals surface area contributed by atoms with Gasteiger partial charge < -0.3 is 15.2 Å². The van der Waals surface area contributed by atoms with Crippen LogP contribution in [0, 0.1) is 0 Å². The molecule has 0 aliphatic heterocycles. The summed E-state index contributed by atoms with van der Waals surface area (Å²) in [7, 11) is 0. The molecule has 9 heteroatoms. The van der Waals surface area contributed by atoms with Crippen molar-refractivity contribution in [2.45, 2.75) is 0 Å². The van der Waals surface area contributed by atoms with Gasteiger partial charge >= 0.3 is 0 Å². The number of halogens is 2. The molecule has 2 aromatic heterocycles. The molecule has 6 nitrogen and oxygen atoms in total. The van der Waals surface area contributed by atoms with Crippen molar-refractivity contribution in [2.75, 3.05) is 0 Å². The van der Waals surface area contributed by atoms with Crippen LogP contribution < -0.4 is 0 Å². The molecule has 0 saturated heterocycles. The molecule has 0 aliphatic carbocycles. The number of nitrogens with zero attached hydrogens (tertiary/aromatic N) is 3. The minimum Gasteiger partial charge on any atom is -0.506 e. The number of phenols is 2. The average molecular weight is 494 g/mol. The highest BCUT2D eigenvalue weighted by Crippen LogP contribution is 2.40. The number of aliphatic imine (C=N–C) groups is 1. The molecular weight excluding hydrogens is 484 g/mol. The predicted molar refractivity (Wildman–Crippen MR) is 110 cm³/mol. The minimum atomic E-state index is -0.0823. The van der Waals surface area contributed by atoms with Crippen molar-refractivity contribution in [3.63, 3.8) is 0 Å². The lowest BCUT2D eigenvalue weighted by molar-refractivity contribution is 0.442. The first-order chi connectivity index (χ1) is 12.5. The number of fused-ring (bicyclic) bond motifs is 1. The van der Waals surface area contributed by atoms with Crippen molar-refractivity contribution in [2.24, 2.45) is 4.99 Å². The van der Waals surface area contributed by atoms with Crippen LogP contribution in [0.1, 0.15) is 5.56 Å². The van der Waals surface area contributed by atoms with E-state index in [0.717, 1.165) is 16.7 Å². The third-order valence-corrected chi connectivity index (χ3v) is 5.63. The van der Waals surface area contributed by atoms with Gasteiger partial charge in [0.05, 0.1) is 26.7 Å². The first-order valence-corrected chi connectivity index (χ1v) is 9.88. The Morgan fingerprint density at radius 1 is 1.15 bits per heavy atom. The maximum Gasteiger partial charge on any atom is 0.158 e. The normalized spacial score (nSPS) is 11.6. The van der Waals surface area contributed by atoms with Gasteiger partial charge in [-0.05, 0) is 56.1 Å². The summed E-state index contributed by atoms with van der Waals surface area (Å²) in [5.74, 6) is 0.569. The second-order valence-electron chi connectivity index (χ2n) is 5.38. The molecule has 3 N–H and O–H groups in total. The van der Waals surface area contributed by atoms with Crippen LogP contribution in [0.3, 0.4) is 0 Å². The van der Waals surface area contributed by atoms with E-state index in [1.54, 1.807) is 11.6 Å². The molecule has 0 amide bonds. The van der Waals surface area contributed by atoms with E-state index in [4.69, 9.17) is 0 Å². The summed E-state index contributed by atoms with van der Waals surface area (Å²) in [4.78, 5) is 16.4. The van der Waals surface area contributed by atoms with E-state index in [9.17, 15) is 10.2 Å². The number of aromatic hydroxyl groups is 2. The summed E-state index contributed by atoms with van der Waals surface area (Å²) < 4.78 is 0.670. The minimum absolute atomic E-state index is 0.0628. The molecule has 4 rings (SSSR count). The fourth-order valence-electron chi connectivity index (χ4n) is 2.38. The van der Waals surface area contributed by atoms with Crippen molar-refractivity contribution in [1.29, 1.82) is 0 Å². The summed E-state index contributed by atoms with van der Waals surface area (Å²) in [6.07, 6.45) is 1.53. The zero-order chi connectivity index (χ0) is 18.3. The lowest BCUT2D eigenvalue weighted by atomic mass is 10.2. The largest absolute Gasteiger partial charge is 0.506 e. The van der Waals surface area contributed by atoms with Gasteiger partial charge in [-0.2, -0.15) is 0 Å². The van der Waals surface area contributed by atoms with Gasteiger partial charge in [-0.3, -0.25) is 4.99 Å². The molecule has 0 spiro atoms. The fourth-order valence-corrected chi connectivity index (χ4v) is 4.07. The Bertz CT molecular complexity index is 1140. The lowest BCUT2D eigenvalue weighted by Gasteiger charge is -2.06. The topological polar surface area (TPSA) is 94.4 Å². The van der Waals surface area contributed by atoms with E-state index >= 15 is 0 Å². The van der Waals surface area contributed by atoms with Crippen LogP contribution in [-0.2, 0) is 0 Å². The molecule has 130 valence electrons. The second kappa shape index (κ2) is 6.82. The Hall–Kier alpha value is -2.23. The maximum atomic E-state index is 10.1. The molecule has 0 bridgehead atoms. The van der Waals surface area contributed by atoms with Gasteiger partial charge in [-0.1, -0.05) is 0 Å². The van der Waals surface area contributed by atoms with Crippen LogP contribution >= 0.6 is 43.2 Å². The number of thiazole rings is 1. The van der Waals surface area contributed by atoms with Crippen LogP contribution in [0.2, 0.25) is 0 Å². The van der Waals surface area contributed by atoms with Gasteiger partial charge in [0.1, 0.15) is 21.7 Å². The molecule has 0 radical (unpaired) electrons. The van der Waals surface area contributed by atoms with E-state index in [0.29, 0.717) is 21.5 Å². The number of aromatic nitrogens is 3. The number of phenolic OH excluding ortho intramolecular Hbond substituents is 2. The molecule has 2 aromatic carbocycles. The zero-order valence-corrected chi connectivity index (χ0v) is 16.9. The summed E-state index contributed by atoms with van der Waals surface area (Å²) in [5.41, 5.74) is 5.39. The summed E-state index contributed by atoms with van der Waals surface area (Å²) >= 11 is 7.90. The third-order valence-electron chi connectivity index (χ3n) is 3.69. The smallest absolute Gasteiger partial charge is 0.158 e. The van der Waals surface area contributed by atoms with Crippen molar-refractivity contribution in [3.05, 3.63) is 49.7 Å². The number of aromatic amines is 1. The van der Waals surface area contributed by atoms with E-state index < -0.39 is 0 Å². The Morgan fingerprint density at radius 2 is 2.00 bits per heavy atom. The standard InChI is InChI=1S/C17H10Br2N4O2S/c18-10-3-8(15(24)14(19)16(10)25)5-20-9-1-2-11-12(4-9)23-17(22-11)13-6-26-7-21-13/h1-7,24-25H,(H,22,23)/b20-5+. The highest BCUT2D eigenvalue weighted by Gasteiger charge is 2.13. The monoisotopic (exact) mass is 492 g/mol. The van der Waals surface area contributed by atoms with Crippen molar-refractivity contribution < 1.29 is 10.2 Å². The van der Waals surface area contributed by atoms with Crippen LogP contribution in [0.15, 0.2) is 49.1 Å². The Balaban J connectivity index is 1.68. The van der Waals surface area contributed by atoms with Crippen molar-refractivity contribution in [3.8, 4) is 23.0 Å². The Morgan fingerprint density at radius 3 is 2.77 bits per heavy atom. The van der Waals surface area contributed by atoms with Gasteiger partial charge in [-0.25, -0.2) is 9.97 Å². The second-order valence-corrected chi connectivity index (χ2v) is 7.74. The summed E-state index contributed by atoms with van der Waals surface area (Å²) in [6.45, 7) is 0. The Labute approximate surface area is 168 Å². The molecule has 26 heavy (non-hydrogen) atoms. The van der Waals surface area contributed by atoms with Gasteiger partial charge in [-0.15, -0.1) is 11.3 Å². The van der Waals surface area contributed by atoms with Crippen molar-refractivity contribution in [1.82, 2.24) is 15.0 Å². The molecular formula is C17H10Br2N4O2S. The van der Waals surface area contributed by atoms with Crippen LogP contribution in [0.5, 0.6) is 11.5 Å². The Kier molecular flexibility index (Phi) is 4.51.